The van der Waals surface area contributed by atoms with Gasteiger partial charge in [-0.3, -0.25) is 8.97 Å². The van der Waals surface area contributed by atoms with Crippen LogP contribution in [0.3, 0.4) is 0 Å². The van der Waals surface area contributed by atoms with Crippen molar-refractivity contribution in [2.24, 2.45) is 13.0 Å². The number of fused-ring (bicyclic) bond motifs is 1. The molecule has 0 bridgehead atoms. The van der Waals surface area contributed by atoms with Gasteiger partial charge in [-0.2, -0.15) is 13.2 Å². The number of alkyl halides is 3. The molecule has 30 heavy (non-hydrogen) atoms. The quantitative estimate of drug-likeness (QED) is 0.484. The van der Waals surface area contributed by atoms with E-state index in [-0.39, 0.29) is 11.4 Å². The van der Waals surface area contributed by atoms with E-state index >= 15 is 0 Å². The van der Waals surface area contributed by atoms with E-state index in [1.165, 1.54) is 40.8 Å². The van der Waals surface area contributed by atoms with Crippen LogP contribution in [0, 0.1) is 5.92 Å². The number of thiophene rings is 1. The van der Waals surface area contributed by atoms with Gasteiger partial charge in [-0.05, 0) is 37.0 Å². The third kappa shape index (κ3) is 2.97. The van der Waals surface area contributed by atoms with Crippen molar-refractivity contribution in [2.75, 3.05) is 0 Å². The third-order valence-corrected chi connectivity index (χ3v) is 6.84. The van der Waals surface area contributed by atoms with Gasteiger partial charge in [-0.15, -0.1) is 21.5 Å². The minimum Gasteiger partial charge on any atom is -0.320 e. The van der Waals surface area contributed by atoms with Gasteiger partial charge >= 0.3 is 11.9 Å². The highest BCUT2D eigenvalue weighted by Crippen LogP contribution is 2.44. The highest BCUT2D eigenvalue weighted by molar-refractivity contribution is 7.10. The SMILES string of the molecule is Cn1cnnc1[C@@H](c1cc(-n2cc3c(C(F)(F)F)cccn3c2=O)cs1)C1CCC1. The van der Waals surface area contributed by atoms with E-state index in [1.807, 2.05) is 23.1 Å². The van der Waals surface area contributed by atoms with Crippen LogP contribution >= 0.6 is 11.3 Å². The van der Waals surface area contributed by atoms with E-state index in [0.29, 0.717) is 11.6 Å². The topological polar surface area (TPSA) is 57.1 Å². The standard InChI is InChI=1S/C20H18F3N5OS/c1-26-11-24-25-18(26)17(12-4-2-5-12)16-8-13(10-30-16)28-9-15-14(20(21,22)23)6-3-7-27(15)19(28)29/h3,6-12,17H,2,4-5H2,1H3/t17-/m1/s1. The second-order valence-corrected chi connectivity index (χ2v) is 8.58. The molecule has 0 aromatic carbocycles. The summed E-state index contributed by atoms with van der Waals surface area (Å²) in [5, 5.41) is 10.1. The second kappa shape index (κ2) is 6.83. The van der Waals surface area contributed by atoms with Gasteiger partial charge in [0.05, 0.1) is 22.7 Å². The molecule has 1 fully saturated rings. The first-order valence-electron chi connectivity index (χ1n) is 9.57. The Hall–Kier alpha value is -2.88. The summed E-state index contributed by atoms with van der Waals surface area (Å²) in [6.07, 6.45) is 3.10. The summed E-state index contributed by atoms with van der Waals surface area (Å²) in [5.74, 6) is 1.37. The molecule has 0 amide bonds. The second-order valence-electron chi connectivity index (χ2n) is 7.63. The zero-order valence-electron chi connectivity index (χ0n) is 16.0. The van der Waals surface area contributed by atoms with Crippen molar-refractivity contribution in [3.05, 3.63) is 69.0 Å². The van der Waals surface area contributed by atoms with Crippen molar-refractivity contribution in [2.45, 2.75) is 31.4 Å². The zero-order valence-corrected chi connectivity index (χ0v) is 16.8. The Morgan fingerprint density at radius 1 is 1.30 bits per heavy atom. The van der Waals surface area contributed by atoms with Gasteiger partial charge < -0.3 is 4.57 Å². The number of hydrogen-bond acceptors (Lipinski definition) is 4. The average molecular weight is 433 g/mol. The number of aromatic nitrogens is 5. The first-order valence-corrected chi connectivity index (χ1v) is 10.4. The van der Waals surface area contributed by atoms with Gasteiger partial charge in [0.15, 0.2) is 0 Å². The van der Waals surface area contributed by atoms with Crippen LogP contribution in [0.1, 0.15) is 41.4 Å². The third-order valence-electron chi connectivity index (χ3n) is 5.84. The van der Waals surface area contributed by atoms with Crippen molar-refractivity contribution in [3.63, 3.8) is 0 Å². The van der Waals surface area contributed by atoms with Gasteiger partial charge in [0.1, 0.15) is 12.2 Å². The highest BCUT2D eigenvalue weighted by atomic mass is 32.1. The first-order chi connectivity index (χ1) is 14.3. The van der Waals surface area contributed by atoms with E-state index in [0.717, 1.165) is 34.0 Å². The molecule has 5 rings (SSSR count). The fraction of sp³-hybridized carbons (Fsp3) is 0.350. The summed E-state index contributed by atoms with van der Waals surface area (Å²) in [5.41, 5.74) is -0.961. The van der Waals surface area contributed by atoms with Crippen LogP contribution < -0.4 is 5.69 Å². The Morgan fingerprint density at radius 2 is 2.10 bits per heavy atom. The molecule has 1 aliphatic carbocycles. The molecule has 10 heteroatoms. The van der Waals surface area contributed by atoms with Crippen molar-refractivity contribution in [1.29, 1.82) is 0 Å². The van der Waals surface area contributed by atoms with Crippen LogP contribution in [0.25, 0.3) is 11.2 Å². The molecule has 4 aromatic rings. The van der Waals surface area contributed by atoms with Gasteiger partial charge in [0.2, 0.25) is 0 Å². The minimum absolute atomic E-state index is 0.0588. The van der Waals surface area contributed by atoms with Gasteiger partial charge in [-0.25, -0.2) is 4.79 Å². The molecule has 0 unspecified atom stereocenters. The van der Waals surface area contributed by atoms with E-state index in [2.05, 4.69) is 10.2 Å². The smallest absolute Gasteiger partial charge is 0.320 e. The largest absolute Gasteiger partial charge is 0.418 e. The lowest BCUT2D eigenvalue weighted by Gasteiger charge is -2.32. The molecule has 1 atom stereocenters. The highest BCUT2D eigenvalue weighted by Gasteiger charge is 2.35. The Morgan fingerprint density at radius 3 is 2.73 bits per heavy atom. The Kier molecular flexibility index (Phi) is 4.35. The molecule has 0 radical (unpaired) electrons. The normalized spacial score (nSPS) is 16.1. The van der Waals surface area contributed by atoms with Crippen LogP contribution in [0.15, 0.2) is 47.1 Å². The van der Waals surface area contributed by atoms with E-state index in [4.69, 9.17) is 0 Å². The number of pyridine rings is 1. The molecule has 4 aromatic heterocycles. The lowest BCUT2D eigenvalue weighted by molar-refractivity contribution is -0.136. The minimum atomic E-state index is -4.54. The molecule has 0 N–H and O–H groups in total. The molecule has 1 aliphatic rings. The molecule has 1 saturated carbocycles. The fourth-order valence-electron chi connectivity index (χ4n) is 4.09. The van der Waals surface area contributed by atoms with Crippen molar-refractivity contribution >= 4 is 16.9 Å². The van der Waals surface area contributed by atoms with Crippen molar-refractivity contribution in [1.82, 2.24) is 23.7 Å². The van der Waals surface area contributed by atoms with Crippen LogP contribution in [-0.4, -0.2) is 23.7 Å². The predicted octanol–water partition coefficient (Wildman–Crippen LogP) is 4.23. The molecule has 0 saturated heterocycles. The maximum atomic E-state index is 13.4. The average Bonchev–Trinajstić information content (AvgIpc) is 3.36. The Balaban J connectivity index is 1.60. The number of halogens is 3. The Labute approximate surface area is 173 Å². The van der Waals surface area contributed by atoms with Gasteiger partial charge in [-0.1, -0.05) is 6.42 Å². The van der Waals surface area contributed by atoms with Gasteiger partial charge in [0, 0.05) is 29.7 Å². The summed E-state index contributed by atoms with van der Waals surface area (Å²) < 4.78 is 44.3. The Bertz CT molecular complexity index is 1280. The van der Waals surface area contributed by atoms with E-state index in [9.17, 15) is 18.0 Å². The van der Waals surface area contributed by atoms with E-state index in [1.54, 1.807) is 6.33 Å². The van der Waals surface area contributed by atoms with E-state index < -0.39 is 17.4 Å². The maximum absolute atomic E-state index is 13.4. The monoisotopic (exact) mass is 433 g/mol. The van der Waals surface area contributed by atoms with Gasteiger partial charge in [0.25, 0.3) is 0 Å². The number of aryl methyl sites for hydroxylation is 1. The lowest BCUT2D eigenvalue weighted by atomic mass is 9.75. The zero-order chi connectivity index (χ0) is 21.0. The van der Waals surface area contributed by atoms with Crippen LogP contribution in [0.2, 0.25) is 0 Å². The molecular formula is C20H18F3N5OS. The summed E-state index contributed by atoms with van der Waals surface area (Å²) in [4.78, 5) is 13.8. The first kappa shape index (κ1) is 19.1. The maximum Gasteiger partial charge on any atom is 0.418 e. The summed E-state index contributed by atoms with van der Waals surface area (Å²) in [6.45, 7) is 0. The predicted molar refractivity (Wildman–Crippen MR) is 106 cm³/mol. The number of hydrogen-bond donors (Lipinski definition) is 0. The number of imidazole rings is 1. The molecule has 0 aliphatic heterocycles. The van der Waals surface area contributed by atoms with Crippen LogP contribution in [-0.2, 0) is 13.2 Å². The number of rotatable bonds is 4. The summed E-state index contributed by atoms with van der Waals surface area (Å²) in [7, 11) is 1.90. The summed E-state index contributed by atoms with van der Waals surface area (Å²) >= 11 is 1.49. The molecule has 0 spiro atoms. The lowest BCUT2D eigenvalue weighted by Crippen LogP contribution is -2.23. The summed E-state index contributed by atoms with van der Waals surface area (Å²) in [6, 6.07) is 4.11. The molecule has 156 valence electrons. The molecule has 6 nitrogen and oxygen atoms in total. The number of nitrogens with zero attached hydrogens (tertiary/aromatic N) is 5. The molecule has 4 heterocycles. The van der Waals surface area contributed by atoms with Crippen LogP contribution in [0.5, 0.6) is 0 Å². The van der Waals surface area contributed by atoms with Crippen LogP contribution in [0.4, 0.5) is 13.2 Å². The molecular weight excluding hydrogens is 415 g/mol. The fourth-order valence-corrected chi connectivity index (χ4v) is 5.16. The van der Waals surface area contributed by atoms with Crippen molar-refractivity contribution < 1.29 is 13.2 Å². The van der Waals surface area contributed by atoms with Crippen molar-refractivity contribution in [3.8, 4) is 5.69 Å².